The minimum absolute atomic E-state index is 0.781. The Labute approximate surface area is 113 Å². The summed E-state index contributed by atoms with van der Waals surface area (Å²) in [5, 5.41) is 3.91. The lowest BCUT2D eigenvalue weighted by molar-refractivity contribution is 0.249. The molecule has 3 aliphatic carbocycles. The second kappa shape index (κ2) is 5.94. The van der Waals surface area contributed by atoms with Crippen LogP contribution in [0.15, 0.2) is 0 Å². The monoisotopic (exact) mass is 249 g/mol. The molecule has 1 N–H and O–H groups in total. The van der Waals surface area contributed by atoms with Gasteiger partial charge in [0.25, 0.3) is 0 Å². The number of nitrogens with one attached hydrogen (secondary N) is 1. The Morgan fingerprint density at radius 1 is 0.944 bits per heavy atom. The molecule has 1 nitrogen and oxygen atoms in total. The molecule has 0 aromatic heterocycles. The van der Waals surface area contributed by atoms with Crippen LogP contribution in [0.5, 0.6) is 0 Å². The molecule has 0 aromatic carbocycles. The van der Waals surface area contributed by atoms with Crippen LogP contribution >= 0.6 is 0 Å². The molecule has 0 heterocycles. The molecule has 18 heavy (non-hydrogen) atoms. The van der Waals surface area contributed by atoms with Crippen LogP contribution < -0.4 is 5.32 Å². The third-order valence-corrected chi connectivity index (χ3v) is 6.14. The summed E-state index contributed by atoms with van der Waals surface area (Å²) in [6, 6.07) is 0.781. The predicted octanol–water partition coefficient (Wildman–Crippen LogP) is 4.37. The first-order valence-electron chi connectivity index (χ1n) is 8.56. The minimum atomic E-state index is 0.781. The van der Waals surface area contributed by atoms with Gasteiger partial charge in [0, 0.05) is 6.04 Å². The van der Waals surface area contributed by atoms with E-state index in [2.05, 4.69) is 12.2 Å². The topological polar surface area (TPSA) is 12.0 Å². The lowest BCUT2D eigenvalue weighted by Crippen LogP contribution is -2.38. The lowest BCUT2D eigenvalue weighted by atomic mass is 9.83. The maximum atomic E-state index is 3.91. The fourth-order valence-electron chi connectivity index (χ4n) is 4.98. The molecular weight excluding hydrogens is 218 g/mol. The standard InChI is InChI=1S/C17H31N/c1-13(17-11-15-8-9-16(17)10-15)18-12-14-6-4-2-3-5-7-14/h13-18H,2-12H2,1H3. The molecule has 0 radical (unpaired) electrons. The highest BCUT2D eigenvalue weighted by atomic mass is 14.9. The molecule has 3 fully saturated rings. The van der Waals surface area contributed by atoms with Gasteiger partial charge in [-0.2, -0.15) is 0 Å². The Bertz CT molecular complexity index is 254. The predicted molar refractivity (Wildman–Crippen MR) is 77.6 cm³/mol. The molecule has 1 heteroatoms. The maximum Gasteiger partial charge on any atom is 0.00698 e. The first-order chi connectivity index (χ1) is 8.83. The van der Waals surface area contributed by atoms with E-state index < -0.39 is 0 Å². The van der Waals surface area contributed by atoms with Gasteiger partial charge in [0.15, 0.2) is 0 Å². The smallest absolute Gasteiger partial charge is 0.00698 e. The third kappa shape index (κ3) is 2.92. The molecule has 4 unspecified atom stereocenters. The SMILES string of the molecule is CC(NCC1CCCCCC1)C1CC2CCC1C2. The second-order valence-corrected chi connectivity index (χ2v) is 7.39. The van der Waals surface area contributed by atoms with Crippen LogP contribution in [0.1, 0.15) is 71.1 Å². The summed E-state index contributed by atoms with van der Waals surface area (Å²) in [7, 11) is 0. The van der Waals surface area contributed by atoms with Crippen molar-refractivity contribution in [3.05, 3.63) is 0 Å². The van der Waals surface area contributed by atoms with E-state index >= 15 is 0 Å². The van der Waals surface area contributed by atoms with Crippen molar-refractivity contribution >= 4 is 0 Å². The fourth-order valence-corrected chi connectivity index (χ4v) is 4.98. The van der Waals surface area contributed by atoms with Crippen molar-refractivity contribution in [2.24, 2.45) is 23.7 Å². The minimum Gasteiger partial charge on any atom is -0.314 e. The van der Waals surface area contributed by atoms with Gasteiger partial charge in [0.05, 0.1) is 0 Å². The summed E-state index contributed by atoms with van der Waals surface area (Å²) in [5.41, 5.74) is 0. The van der Waals surface area contributed by atoms with Crippen molar-refractivity contribution < 1.29 is 0 Å². The van der Waals surface area contributed by atoms with E-state index in [4.69, 9.17) is 0 Å². The Kier molecular flexibility index (Phi) is 4.28. The van der Waals surface area contributed by atoms with Gasteiger partial charge in [-0.3, -0.25) is 0 Å². The van der Waals surface area contributed by atoms with E-state index in [0.29, 0.717) is 0 Å². The molecular formula is C17H31N. The normalized spacial score (nSPS) is 38.8. The summed E-state index contributed by atoms with van der Waals surface area (Å²) >= 11 is 0. The molecule has 0 aliphatic heterocycles. The van der Waals surface area contributed by atoms with Crippen molar-refractivity contribution in [2.75, 3.05) is 6.54 Å². The molecule has 4 atom stereocenters. The number of hydrogen-bond donors (Lipinski definition) is 1. The van der Waals surface area contributed by atoms with E-state index in [9.17, 15) is 0 Å². The Morgan fingerprint density at radius 2 is 1.72 bits per heavy atom. The highest BCUT2D eigenvalue weighted by Gasteiger charge is 2.41. The van der Waals surface area contributed by atoms with Crippen molar-refractivity contribution in [1.29, 1.82) is 0 Å². The average molecular weight is 249 g/mol. The van der Waals surface area contributed by atoms with Crippen molar-refractivity contribution in [3.8, 4) is 0 Å². The Morgan fingerprint density at radius 3 is 2.33 bits per heavy atom. The molecule has 3 aliphatic rings. The van der Waals surface area contributed by atoms with E-state index in [1.165, 1.54) is 64.3 Å². The molecule has 0 spiro atoms. The van der Waals surface area contributed by atoms with Gasteiger partial charge in [-0.1, -0.05) is 32.1 Å². The van der Waals surface area contributed by atoms with Crippen LogP contribution in [0.3, 0.4) is 0 Å². The maximum absolute atomic E-state index is 3.91. The quantitative estimate of drug-likeness (QED) is 0.729. The fraction of sp³-hybridized carbons (Fsp3) is 1.00. The number of hydrogen-bond acceptors (Lipinski definition) is 1. The van der Waals surface area contributed by atoms with Crippen LogP contribution in [-0.2, 0) is 0 Å². The molecule has 0 amide bonds. The second-order valence-electron chi connectivity index (χ2n) is 7.39. The van der Waals surface area contributed by atoms with Gasteiger partial charge in [-0.15, -0.1) is 0 Å². The van der Waals surface area contributed by atoms with E-state index in [-0.39, 0.29) is 0 Å². The molecule has 3 saturated carbocycles. The largest absolute Gasteiger partial charge is 0.314 e. The average Bonchev–Trinajstić information content (AvgIpc) is 2.92. The van der Waals surface area contributed by atoms with Crippen LogP contribution in [0.2, 0.25) is 0 Å². The number of fused-ring (bicyclic) bond motifs is 2. The zero-order valence-corrected chi connectivity index (χ0v) is 12.2. The molecule has 3 rings (SSSR count). The van der Waals surface area contributed by atoms with E-state index in [0.717, 1.165) is 29.7 Å². The van der Waals surface area contributed by atoms with E-state index in [1.807, 2.05) is 0 Å². The van der Waals surface area contributed by atoms with Gasteiger partial charge in [0.2, 0.25) is 0 Å². The summed E-state index contributed by atoms with van der Waals surface area (Å²) in [5.74, 6) is 4.16. The molecule has 0 aromatic rings. The van der Waals surface area contributed by atoms with Crippen molar-refractivity contribution in [3.63, 3.8) is 0 Å². The number of rotatable bonds is 4. The Balaban J connectivity index is 1.42. The van der Waals surface area contributed by atoms with Crippen LogP contribution in [-0.4, -0.2) is 12.6 Å². The summed E-state index contributed by atoms with van der Waals surface area (Å²) in [6.07, 6.45) is 15.1. The highest BCUT2D eigenvalue weighted by molar-refractivity contribution is 4.94. The summed E-state index contributed by atoms with van der Waals surface area (Å²) < 4.78 is 0. The van der Waals surface area contributed by atoms with Crippen LogP contribution in [0.25, 0.3) is 0 Å². The van der Waals surface area contributed by atoms with Crippen LogP contribution in [0.4, 0.5) is 0 Å². The first kappa shape index (κ1) is 13.0. The summed E-state index contributed by atoms with van der Waals surface area (Å²) in [6.45, 7) is 3.76. The summed E-state index contributed by atoms with van der Waals surface area (Å²) in [4.78, 5) is 0. The third-order valence-electron chi connectivity index (χ3n) is 6.14. The molecule has 104 valence electrons. The highest BCUT2D eigenvalue weighted by Crippen LogP contribution is 2.49. The zero-order chi connectivity index (χ0) is 12.4. The molecule has 2 bridgehead atoms. The van der Waals surface area contributed by atoms with Gasteiger partial charge in [-0.25, -0.2) is 0 Å². The van der Waals surface area contributed by atoms with Crippen LogP contribution in [0, 0.1) is 23.7 Å². The van der Waals surface area contributed by atoms with Gasteiger partial charge >= 0.3 is 0 Å². The zero-order valence-electron chi connectivity index (χ0n) is 12.2. The Hall–Kier alpha value is -0.0400. The van der Waals surface area contributed by atoms with Gasteiger partial charge in [0.1, 0.15) is 0 Å². The van der Waals surface area contributed by atoms with E-state index in [1.54, 1.807) is 6.42 Å². The van der Waals surface area contributed by atoms with Gasteiger partial charge < -0.3 is 5.32 Å². The lowest BCUT2D eigenvalue weighted by Gasteiger charge is -2.30. The first-order valence-corrected chi connectivity index (χ1v) is 8.56. The van der Waals surface area contributed by atoms with Gasteiger partial charge in [-0.05, 0) is 69.2 Å². The van der Waals surface area contributed by atoms with Crippen molar-refractivity contribution in [2.45, 2.75) is 77.2 Å². The molecule has 0 saturated heterocycles. The van der Waals surface area contributed by atoms with Crippen molar-refractivity contribution in [1.82, 2.24) is 5.32 Å².